The zero-order valence-electron chi connectivity index (χ0n) is 13.8. The van der Waals surface area contributed by atoms with E-state index in [1.807, 2.05) is 0 Å². The summed E-state index contributed by atoms with van der Waals surface area (Å²) >= 11 is 5.88. The highest BCUT2D eigenvalue weighted by atomic mass is 35.5. The first kappa shape index (κ1) is 18.2. The van der Waals surface area contributed by atoms with Gasteiger partial charge in [-0.15, -0.1) is 0 Å². The van der Waals surface area contributed by atoms with Crippen LogP contribution in [0.15, 0.2) is 53.6 Å². The number of aromatic nitrogens is 3. The van der Waals surface area contributed by atoms with E-state index in [4.69, 9.17) is 16.7 Å². The molecule has 0 radical (unpaired) electrons. The first-order valence-electron chi connectivity index (χ1n) is 7.68. The predicted octanol–water partition coefficient (Wildman–Crippen LogP) is 2.83. The summed E-state index contributed by atoms with van der Waals surface area (Å²) in [6.07, 6.45) is 1.79. The van der Waals surface area contributed by atoms with E-state index < -0.39 is 10.0 Å². The van der Waals surface area contributed by atoms with E-state index in [0.29, 0.717) is 34.2 Å². The number of Topliss-reactive ketones (excluding diaryl/α,β-unsaturated/α-hetero) is 1. The van der Waals surface area contributed by atoms with Crippen LogP contribution in [-0.2, 0) is 10.0 Å². The number of primary sulfonamides is 1. The van der Waals surface area contributed by atoms with E-state index in [-0.39, 0.29) is 10.7 Å². The highest BCUT2D eigenvalue weighted by Crippen LogP contribution is 2.25. The standard InChI is InChI=1S/C17H15ClN4O3S/c1-2-16(23)14-9-15(11-3-6-13(7-4-11)26(19,24)25)22(21-14)17-8-5-12(18)10-20-17/h3-10H,2H2,1H3,(H2,19,24,25). The van der Waals surface area contributed by atoms with Gasteiger partial charge in [-0.25, -0.2) is 23.2 Å². The topological polar surface area (TPSA) is 108 Å². The number of halogens is 1. The lowest BCUT2D eigenvalue weighted by Gasteiger charge is -2.07. The number of carbonyl (C=O) groups excluding carboxylic acids is 1. The van der Waals surface area contributed by atoms with Crippen molar-refractivity contribution in [1.29, 1.82) is 0 Å². The average molecular weight is 391 g/mol. The molecule has 0 saturated heterocycles. The Bertz CT molecular complexity index is 1060. The zero-order chi connectivity index (χ0) is 18.9. The molecule has 0 saturated carbocycles. The number of nitrogens with two attached hydrogens (primary N) is 1. The summed E-state index contributed by atoms with van der Waals surface area (Å²) in [5.41, 5.74) is 1.56. The highest BCUT2D eigenvalue weighted by molar-refractivity contribution is 7.89. The quantitative estimate of drug-likeness (QED) is 0.674. The van der Waals surface area contributed by atoms with Crippen LogP contribution >= 0.6 is 11.6 Å². The van der Waals surface area contributed by atoms with E-state index in [9.17, 15) is 13.2 Å². The van der Waals surface area contributed by atoms with Gasteiger partial charge in [0, 0.05) is 18.2 Å². The Kier molecular flexibility index (Phi) is 4.90. The molecule has 0 unspecified atom stereocenters. The summed E-state index contributed by atoms with van der Waals surface area (Å²) in [6, 6.07) is 11.0. The fraction of sp³-hybridized carbons (Fsp3) is 0.118. The summed E-state index contributed by atoms with van der Waals surface area (Å²) in [4.78, 5) is 16.3. The second-order valence-electron chi connectivity index (χ2n) is 5.51. The molecule has 26 heavy (non-hydrogen) atoms. The number of nitrogens with zero attached hydrogens (tertiary/aromatic N) is 3. The van der Waals surface area contributed by atoms with Gasteiger partial charge in [0.05, 0.1) is 15.6 Å². The Hall–Kier alpha value is -2.55. The van der Waals surface area contributed by atoms with Gasteiger partial charge in [0.2, 0.25) is 10.0 Å². The largest absolute Gasteiger partial charge is 0.292 e. The van der Waals surface area contributed by atoms with Crippen molar-refractivity contribution in [2.75, 3.05) is 0 Å². The Balaban J connectivity index is 2.14. The number of hydrogen-bond donors (Lipinski definition) is 1. The molecule has 134 valence electrons. The van der Waals surface area contributed by atoms with Gasteiger partial charge >= 0.3 is 0 Å². The summed E-state index contributed by atoms with van der Waals surface area (Å²) in [6.45, 7) is 1.75. The van der Waals surface area contributed by atoms with Crippen LogP contribution in [-0.4, -0.2) is 29.0 Å². The molecule has 1 aromatic carbocycles. The van der Waals surface area contributed by atoms with Gasteiger partial charge in [-0.05, 0) is 30.3 Å². The van der Waals surface area contributed by atoms with E-state index in [0.717, 1.165) is 0 Å². The molecule has 0 bridgehead atoms. The molecule has 0 aliphatic carbocycles. The van der Waals surface area contributed by atoms with Crippen molar-refractivity contribution < 1.29 is 13.2 Å². The van der Waals surface area contributed by atoms with Crippen LogP contribution in [0.5, 0.6) is 0 Å². The Morgan fingerprint density at radius 1 is 1.19 bits per heavy atom. The Morgan fingerprint density at radius 3 is 2.42 bits per heavy atom. The number of benzene rings is 1. The van der Waals surface area contributed by atoms with Crippen molar-refractivity contribution in [2.45, 2.75) is 18.2 Å². The van der Waals surface area contributed by atoms with Crippen LogP contribution in [0.25, 0.3) is 17.1 Å². The molecular weight excluding hydrogens is 376 g/mol. The molecule has 0 fully saturated rings. The Labute approximate surface area is 155 Å². The third kappa shape index (κ3) is 3.67. The molecule has 2 heterocycles. The fourth-order valence-electron chi connectivity index (χ4n) is 2.39. The summed E-state index contributed by atoms with van der Waals surface area (Å²) < 4.78 is 24.4. The molecule has 9 heteroatoms. The van der Waals surface area contributed by atoms with Gasteiger partial charge < -0.3 is 0 Å². The van der Waals surface area contributed by atoms with Crippen molar-refractivity contribution in [3.8, 4) is 17.1 Å². The van der Waals surface area contributed by atoms with Crippen molar-refractivity contribution >= 4 is 27.4 Å². The van der Waals surface area contributed by atoms with Crippen LogP contribution in [0.1, 0.15) is 23.8 Å². The first-order chi connectivity index (χ1) is 12.3. The maximum atomic E-state index is 12.1. The predicted molar refractivity (Wildman–Crippen MR) is 97.8 cm³/mol. The lowest BCUT2D eigenvalue weighted by Crippen LogP contribution is -2.11. The monoisotopic (exact) mass is 390 g/mol. The third-order valence-electron chi connectivity index (χ3n) is 3.72. The van der Waals surface area contributed by atoms with Crippen LogP contribution in [0.4, 0.5) is 0 Å². The van der Waals surface area contributed by atoms with E-state index in [1.165, 1.54) is 23.0 Å². The average Bonchev–Trinajstić information content (AvgIpc) is 3.06. The second kappa shape index (κ2) is 6.99. The molecule has 2 N–H and O–H groups in total. The van der Waals surface area contributed by atoms with E-state index in [1.54, 1.807) is 37.3 Å². The number of ketones is 1. The van der Waals surface area contributed by atoms with E-state index in [2.05, 4.69) is 10.1 Å². The molecule has 0 amide bonds. The molecule has 0 spiro atoms. The maximum Gasteiger partial charge on any atom is 0.238 e. The maximum absolute atomic E-state index is 12.1. The molecule has 0 aliphatic rings. The van der Waals surface area contributed by atoms with Crippen molar-refractivity contribution in [3.05, 3.63) is 59.4 Å². The van der Waals surface area contributed by atoms with Crippen LogP contribution in [0.2, 0.25) is 5.02 Å². The smallest absolute Gasteiger partial charge is 0.238 e. The summed E-state index contributed by atoms with van der Waals surface area (Å²) in [5, 5.41) is 9.95. The van der Waals surface area contributed by atoms with Crippen molar-refractivity contribution in [2.24, 2.45) is 5.14 Å². The zero-order valence-corrected chi connectivity index (χ0v) is 15.3. The summed E-state index contributed by atoms with van der Waals surface area (Å²) in [5.74, 6) is 0.371. The molecular formula is C17H15ClN4O3S. The number of carbonyl (C=O) groups is 1. The highest BCUT2D eigenvalue weighted by Gasteiger charge is 2.17. The molecule has 0 atom stereocenters. The number of sulfonamides is 1. The number of rotatable bonds is 5. The number of hydrogen-bond acceptors (Lipinski definition) is 5. The first-order valence-corrected chi connectivity index (χ1v) is 9.60. The van der Waals surface area contributed by atoms with Gasteiger partial charge in [-0.1, -0.05) is 30.7 Å². The van der Waals surface area contributed by atoms with Crippen LogP contribution in [0, 0.1) is 0 Å². The van der Waals surface area contributed by atoms with Gasteiger partial charge in [0.15, 0.2) is 11.6 Å². The van der Waals surface area contributed by atoms with E-state index >= 15 is 0 Å². The Morgan fingerprint density at radius 2 is 1.88 bits per heavy atom. The minimum absolute atomic E-state index is 0.00166. The SMILES string of the molecule is CCC(=O)c1cc(-c2ccc(S(N)(=O)=O)cc2)n(-c2ccc(Cl)cn2)n1. The molecule has 3 rings (SSSR count). The lowest BCUT2D eigenvalue weighted by molar-refractivity contribution is 0.0983. The normalized spacial score (nSPS) is 11.5. The van der Waals surface area contributed by atoms with Crippen LogP contribution in [0.3, 0.4) is 0 Å². The van der Waals surface area contributed by atoms with Gasteiger partial charge in [-0.3, -0.25) is 4.79 Å². The van der Waals surface area contributed by atoms with Gasteiger partial charge in [0.25, 0.3) is 0 Å². The van der Waals surface area contributed by atoms with Crippen molar-refractivity contribution in [1.82, 2.24) is 14.8 Å². The van der Waals surface area contributed by atoms with Gasteiger partial charge in [-0.2, -0.15) is 5.10 Å². The number of pyridine rings is 1. The third-order valence-corrected chi connectivity index (χ3v) is 4.88. The lowest BCUT2D eigenvalue weighted by atomic mass is 10.1. The fourth-order valence-corrected chi connectivity index (χ4v) is 3.01. The van der Waals surface area contributed by atoms with Crippen LogP contribution < -0.4 is 5.14 Å². The molecule has 0 aliphatic heterocycles. The van der Waals surface area contributed by atoms with Crippen molar-refractivity contribution in [3.63, 3.8) is 0 Å². The minimum Gasteiger partial charge on any atom is -0.292 e. The van der Waals surface area contributed by atoms with Gasteiger partial charge in [0.1, 0.15) is 5.69 Å². The second-order valence-corrected chi connectivity index (χ2v) is 7.51. The molecule has 2 aromatic heterocycles. The molecule has 3 aromatic rings. The summed E-state index contributed by atoms with van der Waals surface area (Å²) in [7, 11) is -3.78. The molecule has 7 nitrogen and oxygen atoms in total. The minimum atomic E-state index is -3.78.